The van der Waals surface area contributed by atoms with Gasteiger partial charge in [0, 0.05) is 31.0 Å². The van der Waals surface area contributed by atoms with Crippen LogP contribution in [0.5, 0.6) is 0 Å². The molecule has 0 bridgehead atoms. The molecule has 1 aromatic heterocycles. The molecular formula is C22H19F3N2O2. The molecule has 1 aliphatic carbocycles. The number of halogens is 3. The minimum Gasteiger partial charge on any atom is -0.441 e. The van der Waals surface area contributed by atoms with E-state index in [-0.39, 0.29) is 54.4 Å². The van der Waals surface area contributed by atoms with Crippen LogP contribution in [0, 0.1) is 17.5 Å². The second-order valence-corrected chi connectivity index (χ2v) is 7.06. The highest BCUT2D eigenvalue weighted by Gasteiger charge is 2.32. The SMILES string of the molecule is O=C(CCc1ncc(-c2c(F)cccc2F)o1)N(Cc1ccccc1F)C1CC1. The number of hydrogen-bond donors (Lipinski definition) is 0. The molecule has 0 aliphatic heterocycles. The van der Waals surface area contributed by atoms with Crippen LogP contribution >= 0.6 is 0 Å². The van der Waals surface area contributed by atoms with Crippen molar-refractivity contribution in [3.05, 3.63) is 77.6 Å². The van der Waals surface area contributed by atoms with Crippen LogP contribution in [0.15, 0.2) is 53.1 Å². The van der Waals surface area contributed by atoms with Gasteiger partial charge < -0.3 is 9.32 Å². The summed E-state index contributed by atoms with van der Waals surface area (Å²) < 4.78 is 47.2. The number of carbonyl (C=O) groups is 1. The Balaban J connectivity index is 1.42. The highest BCUT2D eigenvalue weighted by atomic mass is 19.1. The average Bonchev–Trinajstić information content (AvgIpc) is 3.44. The average molecular weight is 400 g/mol. The van der Waals surface area contributed by atoms with Gasteiger partial charge in [0.2, 0.25) is 5.91 Å². The molecule has 0 N–H and O–H groups in total. The lowest BCUT2D eigenvalue weighted by atomic mass is 10.1. The summed E-state index contributed by atoms with van der Waals surface area (Å²) >= 11 is 0. The zero-order valence-electron chi connectivity index (χ0n) is 15.6. The largest absolute Gasteiger partial charge is 0.441 e. The van der Waals surface area contributed by atoms with Crippen LogP contribution in [0.3, 0.4) is 0 Å². The third-order valence-corrected chi connectivity index (χ3v) is 4.92. The molecule has 3 aromatic rings. The van der Waals surface area contributed by atoms with Gasteiger partial charge in [-0.15, -0.1) is 0 Å². The molecular weight excluding hydrogens is 381 g/mol. The first-order chi connectivity index (χ1) is 14.0. The van der Waals surface area contributed by atoms with Gasteiger partial charge in [0.05, 0.1) is 11.8 Å². The smallest absolute Gasteiger partial charge is 0.223 e. The normalized spacial score (nSPS) is 13.5. The minimum atomic E-state index is -0.742. The summed E-state index contributed by atoms with van der Waals surface area (Å²) in [6.07, 6.45) is 3.35. The second-order valence-electron chi connectivity index (χ2n) is 7.06. The van der Waals surface area contributed by atoms with Crippen molar-refractivity contribution in [2.45, 2.75) is 38.3 Å². The summed E-state index contributed by atoms with van der Waals surface area (Å²) in [6.45, 7) is 0.216. The Labute approximate surface area is 166 Å². The number of amides is 1. The molecule has 0 unspecified atom stereocenters. The van der Waals surface area contributed by atoms with Crippen molar-refractivity contribution in [2.24, 2.45) is 0 Å². The van der Waals surface area contributed by atoms with Crippen LogP contribution < -0.4 is 0 Å². The molecule has 1 amide bonds. The van der Waals surface area contributed by atoms with E-state index in [1.165, 1.54) is 18.3 Å². The maximum Gasteiger partial charge on any atom is 0.223 e. The van der Waals surface area contributed by atoms with Crippen molar-refractivity contribution in [1.82, 2.24) is 9.88 Å². The zero-order chi connectivity index (χ0) is 20.4. The van der Waals surface area contributed by atoms with Crippen LogP contribution in [-0.4, -0.2) is 21.8 Å². The van der Waals surface area contributed by atoms with Crippen LogP contribution in [0.4, 0.5) is 13.2 Å². The van der Waals surface area contributed by atoms with Crippen molar-refractivity contribution < 1.29 is 22.4 Å². The Morgan fingerprint density at radius 2 is 1.72 bits per heavy atom. The van der Waals surface area contributed by atoms with Gasteiger partial charge in [-0.1, -0.05) is 24.3 Å². The van der Waals surface area contributed by atoms with Gasteiger partial charge in [-0.05, 0) is 31.0 Å². The Hall–Kier alpha value is -3.09. The van der Waals surface area contributed by atoms with E-state index in [4.69, 9.17) is 4.42 Å². The molecule has 1 fully saturated rings. The fourth-order valence-electron chi connectivity index (χ4n) is 3.25. The molecule has 4 rings (SSSR count). The predicted octanol–water partition coefficient (Wildman–Crippen LogP) is 4.88. The molecule has 1 saturated carbocycles. The van der Waals surface area contributed by atoms with Crippen molar-refractivity contribution in [3.8, 4) is 11.3 Å². The molecule has 0 saturated heterocycles. The van der Waals surface area contributed by atoms with Crippen LogP contribution in [0.2, 0.25) is 0 Å². The summed E-state index contributed by atoms with van der Waals surface area (Å²) in [5.74, 6) is -1.75. The summed E-state index contributed by atoms with van der Waals surface area (Å²) in [7, 11) is 0. The maximum atomic E-state index is 14.0. The number of rotatable bonds is 7. The molecule has 1 aliphatic rings. The molecule has 0 radical (unpaired) electrons. The van der Waals surface area contributed by atoms with Crippen LogP contribution in [0.25, 0.3) is 11.3 Å². The van der Waals surface area contributed by atoms with E-state index in [2.05, 4.69) is 4.98 Å². The van der Waals surface area contributed by atoms with E-state index in [0.29, 0.717) is 5.56 Å². The molecule has 29 heavy (non-hydrogen) atoms. The minimum absolute atomic E-state index is 0.0199. The summed E-state index contributed by atoms with van der Waals surface area (Å²) in [5.41, 5.74) is 0.193. The second kappa shape index (κ2) is 8.11. The molecule has 0 atom stereocenters. The summed E-state index contributed by atoms with van der Waals surface area (Å²) in [4.78, 5) is 18.4. The van der Waals surface area contributed by atoms with E-state index < -0.39 is 11.6 Å². The van der Waals surface area contributed by atoms with Crippen molar-refractivity contribution in [3.63, 3.8) is 0 Å². The summed E-state index contributed by atoms with van der Waals surface area (Å²) in [5, 5.41) is 0. The lowest BCUT2D eigenvalue weighted by Crippen LogP contribution is -2.33. The molecule has 7 heteroatoms. The standard InChI is InChI=1S/C22H19F3N2O2/c23-16-5-2-1-4-14(16)13-27(15-8-9-15)21(28)11-10-20-26-12-19(29-20)22-17(24)6-3-7-18(22)25/h1-7,12,15H,8-11,13H2. The van der Waals surface area contributed by atoms with E-state index in [1.807, 2.05) is 0 Å². The fourth-order valence-corrected chi connectivity index (χ4v) is 3.25. The molecule has 0 spiro atoms. The lowest BCUT2D eigenvalue weighted by Gasteiger charge is -2.22. The van der Waals surface area contributed by atoms with Gasteiger partial charge in [-0.25, -0.2) is 18.2 Å². The van der Waals surface area contributed by atoms with E-state index in [9.17, 15) is 18.0 Å². The first kappa shape index (κ1) is 19.2. The zero-order valence-corrected chi connectivity index (χ0v) is 15.6. The van der Waals surface area contributed by atoms with Gasteiger partial charge in [0.15, 0.2) is 11.7 Å². The highest BCUT2D eigenvalue weighted by molar-refractivity contribution is 5.77. The fraction of sp³-hybridized carbons (Fsp3) is 0.273. The van der Waals surface area contributed by atoms with Gasteiger partial charge >= 0.3 is 0 Å². The number of aromatic nitrogens is 1. The maximum absolute atomic E-state index is 14.0. The van der Waals surface area contributed by atoms with Crippen molar-refractivity contribution in [2.75, 3.05) is 0 Å². The van der Waals surface area contributed by atoms with Gasteiger partial charge in [-0.3, -0.25) is 4.79 Å². The summed E-state index contributed by atoms with van der Waals surface area (Å²) in [6, 6.07) is 10.1. The van der Waals surface area contributed by atoms with Gasteiger partial charge in [-0.2, -0.15) is 0 Å². The molecule has 4 nitrogen and oxygen atoms in total. The number of benzene rings is 2. The predicted molar refractivity (Wildman–Crippen MR) is 100 cm³/mol. The van der Waals surface area contributed by atoms with E-state index >= 15 is 0 Å². The number of aryl methyl sites for hydroxylation is 1. The third-order valence-electron chi connectivity index (χ3n) is 4.92. The highest BCUT2D eigenvalue weighted by Crippen LogP contribution is 2.30. The molecule has 1 heterocycles. The lowest BCUT2D eigenvalue weighted by molar-refractivity contribution is -0.132. The third kappa shape index (κ3) is 4.34. The topological polar surface area (TPSA) is 46.3 Å². The Kier molecular flexibility index (Phi) is 5.38. The quantitative estimate of drug-likeness (QED) is 0.568. The number of nitrogens with zero attached hydrogens (tertiary/aromatic N) is 2. The first-order valence-corrected chi connectivity index (χ1v) is 9.45. The van der Waals surface area contributed by atoms with Gasteiger partial charge in [0.1, 0.15) is 17.5 Å². The molecule has 2 aromatic carbocycles. The van der Waals surface area contributed by atoms with Crippen LogP contribution in [0.1, 0.15) is 30.7 Å². The first-order valence-electron chi connectivity index (χ1n) is 9.45. The van der Waals surface area contributed by atoms with Crippen molar-refractivity contribution >= 4 is 5.91 Å². The number of hydrogen-bond acceptors (Lipinski definition) is 3. The van der Waals surface area contributed by atoms with Crippen LogP contribution in [-0.2, 0) is 17.8 Å². The number of carbonyl (C=O) groups excluding carboxylic acids is 1. The monoisotopic (exact) mass is 400 g/mol. The number of oxazole rings is 1. The van der Waals surface area contributed by atoms with E-state index in [0.717, 1.165) is 25.0 Å². The van der Waals surface area contributed by atoms with Gasteiger partial charge in [0.25, 0.3) is 0 Å². The van der Waals surface area contributed by atoms with Crippen molar-refractivity contribution in [1.29, 1.82) is 0 Å². The Bertz CT molecular complexity index is 1010. The van der Waals surface area contributed by atoms with E-state index in [1.54, 1.807) is 23.1 Å². The molecule has 150 valence electrons. The Morgan fingerprint density at radius 3 is 2.41 bits per heavy atom. The Morgan fingerprint density at radius 1 is 1.03 bits per heavy atom.